The van der Waals surface area contributed by atoms with Gasteiger partial charge in [0, 0.05) is 27.9 Å². The molecule has 1 amide bonds. The van der Waals surface area contributed by atoms with Gasteiger partial charge in [-0.2, -0.15) is 0 Å². The molecule has 5 nitrogen and oxygen atoms in total. The van der Waals surface area contributed by atoms with Crippen molar-refractivity contribution in [3.63, 3.8) is 0 Å². The van der Waals surface area contributed by atoms with E-state index in [1.807, 2.05) is 12.1 Å². The Hall–Kier alpha value is -1.92. The number of rotatable bonds is 8. The predicted octanol–water partition coefficient (Wildman–Crippen LogP) is 4.56. The van der Waals surface area contributed by atoms with Crippen LogP contribution in [0.1, 0.15) is 43.6 Å². The molecule has 1 aromatic heterocycles. The summed E-state index contributed by atoms with van der Waals surface area (Å²) >= 11 is 5.90. The number of hydrogen-bond acceptors (Lipinski definition) is 4. The average Bonchev–Trinajstić information content (AvgIpc) is 3.03. The van der Waals surface area contributed by atoms with Gasteiger partial charge in [0.25, 0.3) is 0 Å². The smallest absolute Gasteiger partial charge is 0.232 e. The molecular weight excluding hydrogens is 396 g/mol. The van der Waals surface area contributed by atoms with Crippen molar-refractivity contribution in [2.75, 3.05) is 12.3 Å². The third-order valence-electron chi connectivity index (χ3n) is 4.73. The predicted molar refractivity (Wildman–Crippen MR) is 113 cm³/mol. The van der Waals surface area contributed by atoms with Crippen molar-refractivity contribution in [1.29, 1.82) is 0 Å². The number of amides is 1. The van der Waals surface area contributed by atoms with Gasteiger partial charge in [-0.3, -0.25) is 9.00 Å². The lowest BCUT2D eigenvalue weighted by molar-refractivity contribution is -0.118. The monoisotopic (exact) mass is 420 g/mol. The summed E-state index contributed by atoms with van der Waals surface area (Å²) in [5.74, 6) is 1.06. The number of nitrogens with one attached hydrogen (secondary N) is 1. The first-order chi connectivity index (χ1) is 13.5. The van der Waals surface area contributed by atoms with Gasteiger partial charge < -0.3 is 9.73 Å². The first-order valence-electron chi connectivity index (χ1n) is 9.53. The van der Waals surface area contributed by atoms with E-state index in [9.17, 15) is 9.00 Å². The van der Waals surface area contributed by atoms with Crippen LogP contribution in [0, 0.1) is 6.92 Å². The Morgan fingerprint density at radius 2 is 2.07 bits per heavy atom. The molecule has 0 radical (unpaired) electrons. The number of oxazole rings is 1. The van der Waals surface area contributed by atoms with Crippen LogP contribution in [0.25, 0.3) is 11.5 Å². The van der Waals surface area contributed by atoms with Crippen LogP contribution < -0.4 is 5.32 Å². The van der Waals surface area contributed by atoms with Crippen LogP contribution in [-0.4, -0.2) is 27.4 Å². The van der Waals surface area contributed by atoms with Gasteiger partial charge in [0.2, 0.25) is 11.8 Å². The molecule has 0 saturated heterocycles. The van der Waals surface area contributed by atoms with Crippen molar-refractivity contribution in [2.24, 2.45) is 0 Å². The summed E-state index contributed by atoms with van der Waals surface area (Å²) in [7, 11) is -1.34. The zero-order valence-corrected chi connectivity index (χ0v) is 17.6. The Morgan fingerprint density at radius 1 is 1.29 bits per heavy atom. The Morgan fingerprint density at radius 3 is 2.79 bits per heavy atom. The van der Waals surface area contributed by atoms with Crippen LogP contribution in [-0.2, 0) is 21.3 Å². The third kappa shape index (κ3) is 6.04. The molecule has 1 aromatic carbocycles. The number of carbonyl (C=O) groups excluding carboxylic acids is 1. The minimum Gasteiger partial charge on any atom is -0.441 e. The van der Waals surface area contributed by atoms with Crippen molar-refractivity contribution in [3.8, 4) is 11.5 Å². The average molecular weight is 421 g/mol. The maximum atomic E-state index is 12.4. The van der Waals surface area contributed by atoms with Gasteiger partial charge >= 0.3 is 0 Å². The normalized spacial score (nSPS) is 15.1. The number of nitrogens with zero attached hydrogens (tertiary/aromatic N) is 1. The number of halogens is 1. The van der Waals surface area contributed by atoms with E-state index in [0.717, 1.165) is 24.8 Å². The number of aromatic nitrogens is 1. The SMILES string of the molecule is Cc1oc(-c2ccc(Cl)cc2)nc1CS(=O)CC(=O)NCCC1=CCCCC1. The topological polar surface area (TPSA) is 72.2 Å². The lowest BCUT2D eigenvalue weighted by Crippen LogP contribution is -2.29. The lowest BCUT2D eigenvalue weighted by Gasteiger charge is -2.12. The molecule has 0 aliphatic heterocycles. The molecule has 0 fully saturated rings. The van der Waals surface area contributed by atoms with Crippen molar-refractivity contribution < 1.29 is 13.4 Å². The summed E-state index contributed by atoms with van der Waals surface area (Å²) in [4.78, 5) is 16.5. The Bertz CT molecular complexity index is 874. The Kier molecular flexibility index (Phi) is 7.45. The molecule has 0 saturated carbocycles. The van der Waals surface area contributed by atoms with E-state index in [0.29, 0.717) is 28.9 Å². The molecule has 1 aliphatic carbocycles. The summed E-state index contributed by atoms with van der Waals surface area (Å²) in [6.45, 7) is 2.39. The number of allylic oxidation sites excluding steroid dienone is 1. The van der Waals surface area contributed by atoms with Gasteiger partial charge in [-0.25, -0.2) is 4.98 Å². The molecule has 1 unspecified atom stereocenters. The maximum absolute atomic E-state index is 12.4. The van der Waals surface area contributed by atoms with Crippen LogP contribution in [0.2, 0.25) is 5.02 Å². The minimum atomic E-state index is -1.34. The highest BCUT2D eigenvalue weighted by molar-refractivity contribution is 7.84. The van der Waals surface area contributed by atoms with Gasteiger partial charge in [-0.1, -0.05) is 23.3 Å². The van der Waals surface area contributed by atoms with E-state index in [2.05, 4.69) is 16.4 Å². The highest BCUT2D eigenvalue weighted by atomic mass is 35.5. The number of benzene rings is 1. The van der Waals surface area contributed by atoms with E-state index in [4.69, 9.17) is 16.0 Å². The zero-order valence-electron chi connectivity index (χ0n) is 16.0. The van der Waals surface area contributed by atoms with Crippen molar-refractivity contribution in [3.05, 3.63) is 52.4 Å². The summed E-state index contributed by atoms with van der Waals surface area (Å²) in [5, 5.41) is 3.51. The van der Waals surface area contributed by atoms with Crippen molar-refractivity contribution >= 4 is 28.3 Å². The van der Waals surface area contributed by atoms with Crippen LogP contribution in [0.4, 0.5) is 0 Å². The largest absolute Gasteiger partial charge is 0.441 e. The molecule has 28 heavy (non-hydrogen) atoms. The molecule has 150 valence electrons. The lowest BCUT2D eigenvalue weighted by atomic mass is 9.97. The fraction of sp³-hybridized carbons (Fsp3) is 0.429. The minimum absolute atomic E-state index is 0.0262. The van der Waals surface area contributed by atoms with Gasteiger partial charge in [-0.15, -0.1) is 0 Å². The van der Waals surface area contributed by atoms with Crippen LogP contribution >= 0.6 is 11.6 Å². The van der Waals surface area contributed by atoms with Crippen molar-refractivity contribution in [1.82, 2.24) is 10.3 Å². The molecule has 0 spiro atoms. The van der Waals surface area contributed by atoms with Crippen molar-refractivity contribution in [2.45, 2.75) is 44.8 Å². The quantitative estimate of drug-likeness (QED) is 0.635. The van der Waals surface area contributed by atoms with Crippen LogP contribution in [0.15, 0.2) is 40.3 Å². The van der Waals surface area contributed by atoms with Gasteiger partial charge in [0.05, 0.1) is 11.4 Å². The second-order valence-electron chi connectivity index (χ2n) is 6.97. The Labute approximate surface area is 173 Å². The van der Waals surface area contributed by atoms with Crippen LogP contribution in [0.3, 0.4) is 0 Å². The number of hydrogen-bond donors (Lipinski definition) is 1. The second kappa shape index (κ2) is 10.0. The molecule has 1 aliphatic rings. The van der Waals surface area contributed by atoms with E-state index in [1.165, 1.54) is 18.4 Å². The van der Waals surface area contributed by atoms with Gasteiger partial charge in [0.1, 0.15) is 11.5 Å². The number of aryl methyl sites for hydroxylation is 1. The molecule has 2 aromatic rings. The highest BCUT2D eigenvalue weighted by Gasteiger charge is 2.16. The molecule has 1 N–H and O–H groups in total. The van der Waals surface area contributed by atoms with Crippen LogP contribution in [0.5, 0.6) is 0 Å². The summed E-state index contributed by atoms with van der Waals surface area (Å²) in [6, 6.07) is 7.18. The fourth-order valence-corrected chi connectivity index (χ4v) is 4.37. The van der Waals surface area contributed by atoms with Gasteiger partial charge in [0.15, 0.2) is 0 Å². The first kappa shape index (κ1) is 20.8. The standard InChI is InChI=1S/C21H25ClN2O3S/c1-15-19(24-21(27-15)17-7-9-18(22)10-8-17)13-28(26)14-20(25)23-12-11-16-5-3-2-4-6-16/h5,7-10H,2-4,6,11-14H2,1H3,(H,23,25). The molecule has 1 atom stereocenters. The number of carbonyl (C=O) groups is 1. The highest BCUT2D eigenvalue weighted by Crippen LogP contribution is 2.24. The summed E-state index contributed by atoms with van der Waals surface area (Å²) in [5.41, 5.74) is 2.84. The summed E-state index contributed by atoms with van der Waals surface area (Å²) in [6.07, 6.45) is 7.92. The zero-order chi connectivity index (χ0) is 19.9. The molecule has 1 heterocycles. The molecule has 0 bridgehead atoms. The second-order valence-corrected chi connectivity index (χ2v) is 8.86. The van der Waals surface area contributed by atoms with Gasteiger partial charge in [-0.05, 0) is 63.3 Å². The van der Waals surface area contributed by atoms with E-state index in [1.54, 1.807) is 19.1 Å². The third-order valence-corrected chi connectivity index (χ3v) is 6.16. The molecule has 7 heteroatoms. The molecular formula is C21H25ClN2O3S. The van der Waals surface area contributed by atoms with E-state index in [-0.39, 0.29) is 17.4 Å². The molecule has 3 rings (SSSR count). The Balaban J connectivity index is 1.48. The van der Waals surface area contributed by atoms with E-state index < -0.39 is 10.8 Å². The van der Waals surface area contributed by atoms with E-state index >= 15 is 0 Å². The first-order valence-corrected chi connectivity index (χ1v) is 11.4. The maximum Gasteiger partial charge on any atom is 0.232 e. The fourth-order valence-electron chi connectivity index (χ4n) is 3.17. The summed E-state index contributed by atoms with van der Waals surface area (Å²) < 4.78 is 18.1.